The molecule has 1 amide bonds. The van der Waals surface area contributed by atoms with Gasteiger partial charge in [-0.3, -0.25) is 4.79 Å². The molecule has 0 aliphatic rings. The number of primary amides is 1. The van der Waals surface area contributed by atoms with Gasteiger partial charge in [-0.15, -0.1) is 0 Å². The van der Waals surface area contributed by atoms with E-state index >= 15 is 0 Å². The quantitative estimate of drug-likeness (QED) is 0.451. The first-order valence-electron chi connectivity index (χ1n) is 3.50. The van der Waals surface area contributed by atoms with Crippen molar-refractivity contribution in [2.24, 2.45) is 5.73 Å². The zero-order chi connectivity index (χ0) is 9.84. The van der Waals surface area contributed by atoms with E-state index in [2.05, 4.69) is 15.3 Å². The fraction of sp³-hybridized carbons (Fsp3) is 0.167. The Morgan fingerprint density at radius 3 is 2.69 bits per heavy atom. The van der Waals surface area contributed by atoms with E-state index in [0.29, 0.717) is 5.82 Å². The average Bonchev–Trinajstić information content (AvgIpc) is 1.99. The summed E-state index contributed by atoms with van der Waals surface area (Å²) in [6, 6.07) is 1.46. The Labute approximate surface area is 74.3 Å². The van der Waals surface area contributed by atoms with E-state index in [-0.39, 0.29) is 18.3 Å². The maximum Gasteiger partial charge on any atom is 0.236 e. The molecule has 0 unspecified atom stereocenters. The highest BCUT2D eigenvalue weighted by molar-refractivity contribution is 5.78. The molecule has 0 atom stereocenters. The maximum atomic E-state index is 10.4. The highest BCUT2D eigenvalue weighted by Gasteiger charge is 1.99. The predicted molar refractivity (Wildman–Crippen MR) is 48.5 cm³/mol. The monoisotopic (exact) mass is 182 g/mol. The molecule has 0 aliphatic heterocycles. The molecule has 0 fully saturated rings. The van der Waals surface area contributed by atoms with Gasteiger partial charge in [-0.1, -0.05) is 0 Å². The van der Waals surface area contributed by atoms with E-state index in [0.717, 1.165) is 0 Å². The molecule has 0 spiro atoms. The number of nitrogens with zero attached hydrogens (tertiary/aromatic N) is 2. The first kappa shape index (κ1) is 9.04. The van der Waals surface area contributed by atoms with Crippen LogP contribution in [0.15, 0.2) is 6.07 Å². The summed E-state index contributed by atoms with van der Waals surface area (Å²) in [6.45, 7) is -0.0180. The Bertz CT molecular complexity index is 305. The average molecular weight is 182 g/mol. The Kier molecular flexibility index (Phi) is 2.48. The minimum Gasteiger partial charge on any atom is -0.383 e. The van der Waals surface area contributed by atoms with Crippen LogP contribution in [0.3, 0.4) is 0 Å². The number of nitrogen functional groups attached to an aromatic ring is 2. The summed E-state index contributed by atoms with van der Waals surface area (Å²) in [5, 5.41) is 2.64. The van der Waals surface area contributed by atoms with Gasteiger partial charge in [0.1, 0.15) is 11.6 Å². The van der Waals surface area contributed by atoms with Gasteiger partial charge in [0, 0.05) is 6.07 Å². The van der Waals surface area contributed by atoms with Gasteiger partial charge in [0.25, 0.3) is 0 Å². The van der Waals surface area contributed by atoms with Crippen molar-refractivity contribution in [3.05, 3.63) is 6.07 Å². The molecule has 13 heavy (non-hydrogen) atoms. The number of nitrogens with two attached hydrogens (primary N) is 3. The molecule has 7 nitrogen and oxygen atoms in total. The molecule has 0 radical (unpaired) electrons. The van der Waals surface area contributed by atoms with Crippen LogP contribution in [0.25, 0.3) is 0 Å². The number of anilines is 3. The summed E-state index contributed by atoms with van der Waals surface area (Å²) in [5.74, 6) is 0.172. The van der Waals surface area contributed by atoms with E-state index in [1.807, 2.05) is 0 Å². The van der Waals surface area contributed by atoms with Crippen LogP contribution < -0.4 is 22.5 Å². The number of amides is 1. The Morgan fingerprint density at radius 1 is 1.46 bits per heavy atom. The molecule has 1 aromatic rings. The third kappa shape index (κ3) is 2.81. The van der Waals surface area contributed by atoms with Crippen LogP contribution >= 0.6 is 0 Å². The lowest BCUT2D eigenvalue weighted by Crippen LogP contribution is -2.22. The van der Waals surface area contributed by atoms with Crippen molar-refractivity contribution >= 4 is 23.5 Å². The summed E-state index contributed by atoms with van der Waals surface area (Å²) >= 11 is 0. The molecule has 7 N–H and O–H groups in total. The number of aromatic nitrogens is 2. The Morgan fingerprint density at radius 2 is 2.15 bits per heavy atom. The number of hydrogen-bond acceptors (Lipinski definition) is 6. The summed E-state index contributed by atoms with van der Waals surface area (Å²) in [6.07, 6.45) is 0. The molecule has 70 valence electrons. The van der Waals surface area contributed by atoms with Crippen molar-refractivity contribution in [1.82, 2.24) is 9.97 Å². The minimum absolute atomic E-state index is 0.0180. The Balaban J connectivity index is 2.71. The largest absolute Gasteiger partial charge is 0.383 e. The second-order valence-electron chi connectivity index (χ2n) is 2.36. The molecular weight excluding hydrogens is 172 g/mol. The predicted octanol–water partition coefficient (Wildman–Crippen LogP) is -1.46. The van der Waals surface area contributed by atoms with E-state index in [1.165, 1.54) is 6.07 Å². The van der Waals surface area contributed by atoms with Crippen molar-refractivity contribution in [1.29, 1.82) is 0 Å². The van der Waals surface area contributed by atoms with Gasteiger partial charge in [-0.05, 0) is 0 Å². The maximum absolute atomic E-state index is 10.4. The van der Waals surface area contributed by atoms with Gasteiger partial charge in [0.05, 0.1) is 6.54 Å². The van der Waals surface area contributed by atoms with Crippen molar-refractivity contribution in [3.63, 3.8) is 0 Å². The highest BCUT2D eigenvalue weighted by atomic mass is 16.1. The molecule has 1 aromatic heterocycles. The van der Waals surface area contributed by atoms with Crippen LogP contribution in [0.1, 0.15) is 0 Å². The fourth-order valence-electron chi connectivity index (χ4n) is 0.754. The lowest BCUT2D eigenvalue weighted by atomic mass is 10.5. The molecule has 1 rings (SSSR count). The molecule has 0 saturated carbocycles. The summed E-state index contributed by atoms with van der Waals surface area (Å²) in [5.41, 5.74) is 15.6. The number of rotatable bonds is 3. The highest BCUT2D eigenvalue weighted by Crippen LogP contribution is 2.08. The van der Waals surface area contributed by atoms with Crippen LogP contribution in [-0.2, 0) is 4.79 Å². The molecule has 0 saturated heterocycles. The third-order valence-corrected chi connectivity index (χ3v) is 1.21. The first-order chi connectivity index (χ1) is 6.08. The normalized spacial score (nSPS) is 9.54. The fourth-order valence-corrected chi connectivity index (χ4v) is 0.754. The number of carbonyl (C=O) groups excluding carboxylic acids is 1. The third-order valence-electron chi connectivity index (χ3n) is 1.21. The van der Waals surface area contributed by atoms with Crippen LogP contribution in [0, 0.1) is 0 Å². The van der Waals surface area contributed by atoms with Crippen LogP contribution in [0.4, 0.5) is 17.6 Å². The minimum atomic E-state index is -0.490. The molecular formula is C6H10N6O. The van der Waals surface area contributed by atoms with E-state index in [9.17, 15) is 4.79 Å². The summed E-state index contributed by atoms with van der Waals surface area (Å²) < 4.78 is 0. The van der Waals surface area contributed by atoms with Crippen molar-refractivity contribution < 1.29 is 4.79 Å². The lowest BCUT2D eigenvalue weighted by molar-refractivity contribution is -0.116. The van der Waals surface area contributed by atoms with E-state index in [1.54, 1.807) is 0 Å². The molecule has 1 heterocycles. The number of nitrogens with one attached hydrogen (secondary N) is 1. The van der Waals surface area contributed by atoms with Gasteiger partial charge in [-0.25, -0.2) is 0 Å². The van der Waals surface area contributed by atoms with Gasteiger partial charge in [-0.2, -0.15) is 9.97 Å². The van der Waals surface area contributed by atoms with Crippen LogP contribution in [-0.4, -0.2) is 22.4 Å². The van der Waals surface area contributed by atoms with Crippen molar-refractivity contribution in [2.75, 3.05) is 23.3 Å². The zero-order valence-electron chi connectivity index (χ0n) is 6.82. The second-order valence-corrected chi connectivity index (χ2v) is 2.36. The summed E-state index contributed by atoms with van der Waals surface area (Å²) in [4.78, 5) is 17.8. The lowest BCUT2D eigenvalue weighted by Gasteiger charge is -2.03. The van der Waals surface area contributed by atoms with Gasteiger partial charge < -0.3 is 22.5 Å². The van der Waals surface area contributed by atoms with Crippen LogP contribution in [0.2, 0.25) is 0 Å². The molecule has 0 aliphatic carbocycles. The van der Waals surface area contributed by atoms with E-state index < -0.39 is 5.91 Å². The number of hydrogen-bond donors (Lipinski definition) is 4. The molecule has 0 bridgehead atoms. The summed E-state index contributed by atoms with van der Waals surface area (Å²) in [7, 11) is 0. The van der Waals surface area contributed by atoms with E-state index in [4.69, 9.17) is 17.2 Å². The number of carbonyl (C=O) groups is 1. The molecule has 0 aromatic carbocycles. The van der Waals surface area contributed by atoms with Gasteiger partial charge in [0.15, 0.2) is 0 Å². The first-order valence-corrected chi connectivity index (χ1v) is 3.50. The zero-order valence-corrected chi connectivity index (χ0v) is 6.82. The van der Waals surface area contributed by atoms with Crippen molar-refractivity contribution in [3.8, 4) is 0 Å². The topological polar surface area (TPSA) is 133 Å². The molecule has 7 heteroatoms. The van der Waals surface area contributed by atoms with Gasteiger partial charge >= 0.3 is 0 Å². The second kappa shape index (κ2) is 3.57. The SMILES string of the molecule is NC(=O)CNc1cc(N)nc(N)n1. The van der Waals surface area contributed by atoms with Gasteiger partial charge in [0.2, 0.25) is 11.9 Å². The Hall–Kier alpha value is -2.05. The standard InChI is InChI=1S/C6H10N6O/c7-3-1-5(10-2-4(8)13)12-6(9)11-3/h1H,2H2,(H2,8,13)(H5,7,9,10,11,12). The van der Waals surface area contributed by atoms with Crippen LogP contribution in [0.5, 0.6) is 0 Å². The smallest absolute Gasteiger partial charge is 0.236 e. The van der Waals surface area contributed by atoms with Crippen molar-refractivity contribution in [2.45, 2.75) is 0 Å².